The van der Waals surface area contributed by atoms with Gasteiger partial charge in [0.05, 0.1) is 0 Å². The predicted octanol–water partition coefficient (Wildman–Crippen LogP) is 3.58. The van der Waals surface area contributed by atoms with Crippen LogP contribution in [0.25, 0.3) is 0 Å². The lowest BCUT2D eigenvalue weighted by molar-refractivity contribution is 0.944. The molecule has 1 heteroatoms. The Morgan fingerprint density at radius 3 is 1.75 bits per heavy atom. The Labute approximate surface area is 77.0 Å². The van der Waals surface area contributed by atoms with Crippen molar-refractivity contribution in [2.45, 2.75) is 18.9 Å². The third-order valence-electron chi connectivity index (χ3n) is 2.16. The molecule has 0 spiro atoms. The van der Waals surface area contributed by atoms with Gasteiger partial charge in [-0.15, -0.1) is 26.3 Å². The Morgan fingerprint density at radius 2 is 1.42 bits per heavy atom. The molecular formula is C11H18Si. The maximum absolute atomic E-state index is 3.85. The van der Waals surface area contributed by atoms with Gasteiger partial charge in [-0.25, -0.2) is 0 Å². The standard InChI is InChI=1S/C11H18Si/c1-5-9-10-11-12(6-2,7-3)8-4/h5-8H,1-4,9-11H2. The van der Waals surface area contributed by atoms with Crippen LogP contribution in [0, 0.1) is 0 Å². The molecule has 0 unspecified atom stereocenters. The van der Waals surface area contributed by atoms with E-state index in [1.165, 1.54) is 6.42 Å². The van der Waals surface area contributed by atoms with Gasteiger partial charge in [-0.3, -0.25) is 0 Å². The zero-order valence-electron chi connectivity index (χ0n) is 7.76. The molecule has 0 amide bonds. The van der Waals surface area contributed by atoms with Crippen LogP contribution in [0.4, 0.5) is 0 Å². The highest BCUT2D eigenvalue weighted by Gasteiger charge is 2.19. The summed E-state index contributed by atoms with van der Waals surface area (Å²) < 4.78 is 0. The van der Waals surface area contributed by atoms with E-state index in [4.69, 9.17) is 0 Å². The summed E-state index contributed by atoms with van der Waals surface area (Å²) in [7, 11) is -1.51. The van der Waals surface area contributed by atoms with Crippen LogP contribution in [0.5, 0.6) is 0 Å². The number of unbranched alkanes of at least 4 members (excludes halogenated alkanes) is 1. The molecule has 0 radical (unpaired) electrons. The Bertz CT molecular complexity index is 158. The van der Waals surface area contributed by atoms with E-state index >= 15 is 0 Å². The van der Waals surface area contributed by atoms with E-state index < -0.39 is 8.07 Å². The van der Waals surface area contributed by atoms with Crippen molar-refractivity contribution < 1.29 is 0 Å². The Kier molecular flexibility index (Phi) is 5.38. The summed E-state index contributed by atoms with van der Waals surface area (Å²) in [5, 5.41) is 0. The van der Waals surface area contributed by atoms with Crippen molar-refractivity contribution in [2.24, 2.45) is 0 Å². The fourth-order valence-electron chi connectivity index (χ4n) is 1.11. The molecule has 0 N–H and O–H groups in total. The van der Waals surface area contributed by atoms with Gasteiger partial charge in [0.2, 0.25) is 0 Å². The van der Waals surface area contributed by atoms with Gasteiger partial charge in [-0.2, -0.15) is 0 Å². The molecule has 0 aliphatic heterocycles. The molecule has 0 fully saturated rings. The van der Waals surface area contributed by atoms with Crippen molar-refractivity contribution in [1.82, 2.24) is 0 Å². The molecule has 0 aliphatic rings. The first-order chi connectivity index (χ1) is 5.74. The average molecular weight is 178 g/mol. The fourth-order valence-corrected chi connectivity index (χ4v) is 3.04. The molecule has 0 saturated heterocycles. The first-order valence-corrected chi connectivity index (χ1v) is 6.70. The quantitative estimate of drug-likeness (QED) is 0.317. The van der Waals surface area contributed by atoms with Gasteiger partial charge in [0.15, 0.2) is 0 Å². The zero-order valence-corrected chi connectivity index (χ0v) is 8.76. The summed E-state index contributed by atoms with van der Waals surface area (Å²) in [6.45, 7) is 15.2. The smallest absolute Gasteiger partial charge is 0.106 e. The molecule has 0 atom stereocenters. The molecule has 0 aromatic rings. The third kappa shape index (κ3) is 3.05. The second kappa shape index (κ2) is 5.78. The summed E-state index contributed by atoms with van der Waals surface area (Å²) in [4.78, 5) is 0. The van der Waals surface area contributed by atoms with Crippen molar-refractivity contribution in [1.29, 1.82) is 0 Å². The number of allylic oxidation sites excluding steroid dienone is 1. The van der Waals surface area contributed by atoms with Crippen molar-refractivity contribution in [3.8, 4) is 0 Å². The highest BCUT2D eigenvalue weighted by Crippen LogP contribution is 2.17. The lowest BCUT2D eigenvalue weighted by Gasteiger charge is -2.18. The average Bonchev–Trinajstić information content (AvgIpc) is 2.14. The molecule has 0 aromatic carbocycles. The molecule has 12 heavy (non-hydrogen) atoms. The first kappa shape index (κ1) is 11.2. The SMILES string of the molecule is C=CCCC[Si](C=C)(C=C)C=C. The third-order valence-corrected chi connectivity index (χ3v) is 5.66. The monoisotopic (exact) mass is 178 g/mol. The van der Waals surface area contributed by atoms with E-state index in [0.717, 1.165) is 12.5 Å². The summed E-state index contributed by atoms with van der Waals surface area (Å²) in [6.07, 6.45) is 4.19. The highest BCUT2D eigenvalue weighted by molar-refractivity contribution is 6.93. The molecule has 0 aliphatic carbocycles. The molecule has 0 aromatic heterocycles. The largest absolute Gasteiger partial charge is 0.124 e. The van der Waals surface area contributed by atoms with Crippen LogP contribution in [-0.2, 0) is 0 Å². The van der Waals surface area contributed by atoms with Gasteiger partial charge in [0.1, 0.15) is 8.07 Å². The zero-order chi connectivity index (χ0) is 9.45. The summed E-state index contributed by atoms with van der Waals surface area (Å²) in [5.41, 5.74) is 6.11. The van der Waals surface area contributed by atoms with Crippen molar-refractivity contribution in [3.63, 3.8) is 0 Å². The van der Waals surface area contributed by atoms with Crippen LogP contribution in [0.3, 0.4) is 0 Å². The van der Waals surface area contributed by atoms with E-state index in [2.05, 4.69) is 26.3 Å². The van der Waals surface area contributed by atoms with Crippen molar-refractivity contribution >= 4 is 8.07 Å². The first-order valence-electron chi connectivity index (χ1n) is 4.26. The van der Waals surface area contributed by atoms with Gasteiger partial charge >= 0.3 is 0 Å². The minimum atomic E-state index is -1.51. The summed E-state index contributed by atoms with van der Waals surface area (Å²) in [5.74, 6) is 0. The topological polar surface area (TPSA) is 0 Å². The van der Waals surface area contributed by atoms with Crippen LogP contribution in [-0.4, -0.2) is 8.07 Å². The Morgan fingerprint density at radius 1 is 0.917 bits per heavy atom. The van der Waals surface area contributed by atoms with E-state index in [0.29, 0.717) is 0 Å². The van der Waals surface area contributed by atoms with Crippen LogP contribution in [0.2, 0.25) is 6.04 Å². The van der Waals surface area contributed by atoms with Crippen molar-refractivity contribution in [3.05, 3.63) is 49.5 Å². The Balaban J connectivity index is 4.10. The second-order valence-corrected chi connectivity index (χ2v) is 6.86. The molecule has 66 valence electrons. The number of hydrogen-bond donors (Lipinski definition) is 0. The van der Waals surface area contributed by atoms with E-state index in [9.17, 15) is 0 Å². The molecular weight excluding hydrogens is 160 g/mol. The summed E-state index contributed by atoms with van der Waals surface area (Å²) >= 11 is 0. The molecule has 0 bridgehead atoms. The lowest BCUT2D eigenvalue weighted by atomic mass is 10.3. The maximum Gasteiger partial charge on any atom is 0.124 e. The highest BCUT2D eigenvalue weighted by atomic mass is 28.3. The van der Waals surface area contributed by atoms with Crippen LogP contribution >= 0.6 is 0 Å². The fraction of sp³-hybridized carbons (Fsp3) is 0.273. The number of hydrogen-bond acceptors (Lipinski definition) is 0. The van der Waals surface area contributed by atoms with E-state index in [-0.39, 0.29) is 0 Å². The molecule has 0 saturated carbocycles. The number of rotatable bonds is 7. The van der Waals surface area contributed by atoms with Crippen LogP contribution in [0.1, 0.15) is 12.8 Å². The van der Waals surface area contributed by atoms with E-state index in [1.54, 1.807) is 0 Å². The predicted molar refractivity (Wildman–Crippen MR) is 60.6 cm³/mol. The van der Waals surface area contributed by atoms with Gasteiger partial charge in [0.25, 0.3) is 0 Å². The molecule has 0 rings (SSSR count). The lowest BCUT2D eigenvalue weighted by Crippen LogP contribution is -2.26. The van der Waals surface area contributed by atoms with Gasteiger partial charge in [-0.05, 0) is 12.5 Å². The Hall–Kier alpha value is -0.823. The molecule has 0 nitrogen and oxygen atoms in total. The normalized spacial score (nSPS) is 10.3. The maximum atomic E-state index is 3.85. The van der Waals surface area contributed by atoms with Crippen LogP contribution < -0.4 is 0 Å². The van der Waals surface area contributed by atoms with Crippen LogP contribution in [0.15, 0.2) is 49.5 Å². The minimum Gasteiger partial charge on any atom is -0.106 e. The minimum absolute atomic E-state index is 1.07. The second-order valence-electron chi connectivity index (χ2n) is 2.91. The van der Waals surface area contributed by atoms with Gasteiger partial charge in [-0.1, -0.05) is 29.6 Å². The van der Waals surface area contributed by atoms with Gasteiger partial charge < -0.3 is 0 Å². The van der Waals surface area contributed by atoms with Gasteiger partial charge in [0, 0.05) is 0 Å². The van der Waals surface area contributed by atoms with E-state index in [1.807, 2.05) is 23.2 Å². The summed E-state index contributed by atoms with van der Waals surface area (Å²) in [6, 6.07) is 1.16. The van der Waals surface area contributed by atoms with Crippen molar-refractivity contribution in [2.75, 3.05) is 0 Å². The molecule has 0 heterocycles.